The maximum absolute atomic E-state index is 11.1. The lowest BCUT2D eigenvalue weighted by molar-refractivity contribution is -0.532. The summed E-state index contributed by atoms with van der Waals surface area (Å²) in [6.07, 6.45) is 3.47. The first kappa shape index (κ1) is 13.6. The summed E-state index contributed by atoms with van der Waals surface area (Å²) < 4.78 is 0. The van der Waals surface area contributed by atoms with Crippen molar-refractivity contribution in [2.45, 2.75) is 31.7 Å². The summed E-state index contributed by atoms with van der Waals surface area (Å²) in [6, 6.07) is 13.6. The van der Waals surface area contributed by atoms with E-state index < -0.39 is 6.04 Å². The summed E-state index contributed by atoms with van der Waals surface area (Å²) in [6.45, 7) is 0. The molecule has 1 aliphatic carbocycles. The van der Waals surface area contributed by atoms with Crippen molar-refractivity contribution in [3.63, 3.8) is 0 Å². The highest BCUT2D eigenvalue weighted by atomic mass is 16.6. The van der Waals surface area contributed by atoms with Crippen LogP contribution in [-0.4, -0.2) is 11.0 Å². The number of hydrogen-bond donors (Lipinski definition) is 0. The van der Waals surface area contributed by atoms with Crippen LogP contribution in [0.25, 0.3) is 10.8 Å². The van der Waals surface area contributed by atoms with Crippen molar-refractivity contribution < 1.29 is 4.92 Å². The van der Waals surface area contributed by atoms with E-state index in [2.05, 4.69) is 24.0 Å². The van der Waals surface area contributed by atoms with Gasteiger partial charge in [0.15, 0.2) is 0 Å². The monoisotopic (exact) mass is 279 g/mol. The molecule has 1 fully saturated rings. The van der Waals surface area contributed by atoms with Crippen molar-refractivity contribution in [3.05, 3.63) is 58.1 Å². The number of nitro groups is 1. The van der Waals surface area contributed by atoms with E-state index in [4.69, 9.17) is 0 Å². The molecule has 2 aromatic rings. The van der Waals surface area contributed by atoms with E-state index in [0.29, 0.717) is 6.42 Å². The minimum absolute atomic E-state index is 0.118. The standard InChI is InChI=1S/C18H17NO2/c20-19(21)18-11-4-2-7-16(18)13-12-15-9-5-8-14-6-1-3-10-17(14)15/h1,3,5-6,8-10,16,18H,2,4,7,11H2/t16-,18?/m1/s1. The van der Waals surface area contributed by atoms with Crippen LogP contribution in [0, 0.1) is 27.9 Å². The lowest BCUT2D eigenvalue weighted by Crippen LogP contribution is -2.31. The summed E-state index contributed by atoms with van der Waals surface area (Å²) in [7, 11) is 0. The molecule has 2 aromatic carbocycles. The van der Waals surface area contributed by atoms with Crippen LogP contribution in [0.5, 0.6) is 0 Å². The molecule has 0 spiro atoms. The Balaban J connectivity index is 1.93. The molecule has 21 heavy (non-hydrogen) atoms. The maximum Gasteiger partial charge on any atom is 0.226 e. The minimum atomic E-state index is -0.499. The second-order valence-electron chi connectivity index (χ2n) is 5.54. The highest BCUT2D eigenvalue weighted by molar-refractivity contribution is 5.88. The second kappa shape index (κ2) is 5.97. The Labute approximate surface area is 124 Å². The van der Waals surface area contributed by atoms with Gasteiger partial charge in [-0.25, -0.2) is 0 Å². The van der Waals surface area contributed by atoms with Crippen LogP contribution < -0.4 is 0 Å². The largest absolute Gasteiger partial charge is 0.264 e. The van der Waals surface area contributed by atoms with Crippen molar-refractivity contribution in [1.82, 2.24) is 0 Å². The van der Waals surface area contributed by atoms with Gasteiger partial charge in [-0.15, -0.1) is 0 Å². The van der Waals surface area contributed by atoms with E-state index in [1.807, 2.05) is 30.3 Å². The number of hydrogen-bond acceptors (Lipinski definition) is 2. The van der Waals surface area contributed by atoms with Crippen LogP contribution in [0.15, 0.2) is 42.5 Å². The van der Waals surface area contributed by atoms with Crippen LogP contribution in [0.4, 0.5) is 0 Å². The first-order valence-corrected chi connectivity index (χ1v) is 7.38. The van der Waals surface area contributed by atoms with Gasteiger partial charge in [-0.05, 0) is 29.7 Å². The van der Waals surface area contributed by atoms with Crippen molar-refractivity contribution >= 4 is 10.8 Å². The highest BCUT2D eigenvalue weighted by Gasteiger charge is 2.32. The molecule has 0 N–H and O–H groups in total. The number of benzene rings is 2. The summed E-state index contributed by atoms with van der Waals surface area (Å²) in [4.78, 5) is 11.0. The average molecular weight is 279 g/mol. The fourth-order valence-electron chi connectivity index (χ4n) is 3.04. The Morgan fingerprint density at radius 2 is 1.81 bits per heavy atom. The van der Waals surface area contributed by atoms with Crippen molar-refractivity contribution in [1.29, 1.82) is 0 Å². The Bertz CT molecular complexity index is 721. The second-order valence-corrected chi connectivity index (χ2v) is 5.54. The normalized spacial score (nSPS) is 21.5. The fraction of sp³-hybridized carbons (Fsp3) is 0.333. The summed E-state index contributed by atoms with van der Waals surface area (Å²) in [5.41, 5.74) is 0.959. The van der Waals surface area contributed by atoms with E-state index >= 15 is 0 Å². The van der Waals surface area contributed by atoms with Gasteiger partial charge in [0.05, 0.1) is 5.92 Å². The van der Waals surface area contributed by atoms with Gasteiger partial charge in [0.25, 0.3) is 0 Å². The zero-order chi connectivity index (χ0) is 14.7. The smallest absolute Gasteiger partial charge is 0.226 e. The summed E-state index contributed by atoms with van der Waals surface area (Å²) >= 11 is 0. The Morgan fingerprint density at radius 1 is 1.05 bits per heavy atom. The van der Waals surface area contributed by atoms with E-state index in [-0.39, 0.29) is 10.8 Å². The molecule has 3 nitrogen and oxygen atoms in total. The average Bonchev–Trinajstić information content (AvgIpc) is 2.53. The fourth-order valence-corrected chi connectivity index (χ4v) is 3.04. The molecule has 0 heterocycles. The van der Waals surface area contributed by atoms with Gasteiger partial charge in [-0.3, -0.25) is 10.1 Å². The number of nitrogens with zero attached hydrogens (tertiary/aromatic N) is 1. The zero-order valence-electron chi connectivity index (χ0n) is 11.8. The topological polar surface area (TPSA) is 43.1 Å². The predicted molar refractivity (Wildman–Crippen MR) is 83.6 cm³/mol. The SMILES string of the molecule is O=[N+]([O-])C1CCCC[C@@H]1C#Cc1cccc2ccccc12. The molecular formula is C18H17NO2. The van der Waals surface area contributed by atoms with E-state index in [1.165, 1.54) is 0 Å². The molecule has 1 unspecified atom stereocenters. The molecule has 0 bridgehead atoms. The van der Waals surface area contributed by atoms with Gasteiger partial charge in [-0.1, -0.05) is 54.7 Å². The van der Waals surface area contributed by atoms with Crippen molar-refractivity contribution in [3.8, 4) is 11.8 Å². The third kappa shape index (κ3) is 2.90. The van der Waals surface area contributed by atoms with Crippen molar-refractivity contribution in [2.75, 3.05) is 0 Å². The van der Waals surface area contributed by atoms with Gasteiger partial charge in [0.1, 0.15) is 0 Å². The molecule has 2 atom stereocenters. The molecule has 1 saturated carbocycles. The molecule has 3 rings (SSSR count). The van der Waals surface area contributed by atoms with E-state index in [9.17, 15) is 10.1 Å². The lowest BCUT2D eigenvalue weighted by Gasteiger charge is -2.20. The van der Waals surface area contributed by atoms with Gasteiger partial charge in [-0.2, -0.15) is 0 Å². The first-order chi connectivity index (χ1) is 10.3. The van der Waals surface area contributed by atoms with Crippen LogP contribution in [0.3, 0.4) is 0 Å². The Morgan fingerprint density at radius 3 is 2.67 bits per heavy atom. The minimum Gasteiger partial charge on any atom is -0.264 e. The van der Waals surface area contributed by atoms with Crippen LogP contribution in [0.2, 0.25) is 0 Å². The van der Waals surface area contributed by atoms with Crippen LogP contribution in [0.1, 0.15) is 31.2 Å². The lowest BCUT2D eigenvalue weighted by atomic mass is 9.85. The predicted octanol–water partition coefficient (Wildman–Crippen LogP) is 4.03. The van der Waals surface area contributed by atoms with E-state index in [1.54, 1.807) is 0 Å². The van der Waals surface area contributed by atoms with E-state index in [0.717, 1.165) is 35.6 Å². The third-order valence-electron chi connectivity index (χ3n) is 4.18. The number of fused-ring (bicyclic) bond motifs is 1. The molecule has 0 radical (unpaired) electrons. The summed E-state index contributed by atoms with van der Waals surface area (Å²) in [5, 5.41) is 13.4. The first-order valence-electron chi connectivity index (χ1n) is 7.38. The highest BCUT2D eigenvalue weighted by Crippen LogP contribution is 2.26. The Kier molecular flexibility index (Phi) is 3.87. The molecule has 0 amide bonds. The Hall–Kier alpha value is -2.34. The molecule has 0 aliphatic heterocycles. The summed E-state index contributed by atoms with van der Waals surface area (Å²) in [5.74, 6) is 6.24. The molecule has 106 valence electrons. The quantitative estimate of drug-likeness (QED) is 0.449. The number of rotatable bonds is 1. The van der Waals surface area contributed by atoms with Gasteiger partial charge in [0, 0.05) is 16.9 Å². The molecule has 0 aromatic heterocycles. The van der Waals surface area contributed by atoms with Crippen LogP contribution in [-0.2, 0) is 0 Å². The van der Waals surface area contributed by atoms with Gasteiger partial charge < -0.3 is 0 Å². The van der Waals surface area contributed by atoms with Crippen LogP contribution >= 0.6 is 0 Å². The molecule has 1 aliphatic rings. The molecular weight excluding hydrogens is 262 g/mol. The third-order valence-corrected chi connectivity index (χ3v) is 4.18. The molecule has 3 heteroatoms. The maximum atomic E-state index is 11.1. The van der Waals surface area contributed by atoms with Crippen molar-refractivity contribution in [2.24, 2.45) is 5.92 Å². The molecule has 0 saturated heterocycles. The zero-order valence-corrected chi connectivity index (χ0v) is 11.8. The van der Waals surface area contributed by atoms with Gasteiger partial charge >= 0.3 is 0 Å². The van der Waals surface area contributed by atoms with Gasteiger partial charge in [0.2, 0.25) is 6.04 Å².